The molecule has 2 rings (SSSR count). The van der Waals surface area contributed by atoms with Crippen molar-refractivity contribution in [2.75, 3.05) is 13.2 Å². The lowest BCUT2D eigenvalue weighted by Crippen LogP contribution is -2.55. The third-order valence-electron chi connectivity index (χ3n) is 6.61. The van der Waals surface area contributed by atoms with Crippen LogP contribution in [0, 0.1) is 12.3 Å². The van der Waals surface area contributed by atoms with Crippen LogP contribution in [0.3, 0.4) is 0 Å². The van der Waals surface area contributed by atoms with E-state index in [9.17, 15) is 19.5 Å². The van der Waals surface area contributed by atoms with Gasteiger partial charge in [-0.15, -0.1) is 6.42 Å². The summed E-state index contributed by atoms with van der Waals surface area (Å²) in [5, 5.41) is 15.7. The molecule has 38 heavy (non-hydrogen) atoms. The fraction of sp³-hybridized carbons (Fsp3) is 0.633. The monoisotopic (exact) mass is 527 g/mol. The van der Waals surface area contributed by atoms with Gasteiger partial charge < -0.3 is 25.4 Å². The summed E-state index contributed by atoms with van der Waals surface area (Å²) in [4.78, 5) is 41.6. The average Bonchev–Trinajstić information content (AvgIpc) is 2.88. The van der Waals surface area contributed by atoms with Crippen molar-refractivity contribution < 1.29 is 24.2 Å². The van der Waals surface area contributed by atoms with Gasteiger partial charge in [0.1, 0.15) is 17.7 Å². The first-order chi connectivity index (χ1) is 18.1. The Morgan fingerprint density at radius 1 is 1.11 bits per heavy atom. The second kappa shape index (κ2) is 15.4. The number of rotatable bonds is 12. The zero-order chi connectivity index (χ0) is 28.1. The minimum atomic E-state index is -1.26. The first-order valence-corrected chi connectivity index (χ1v) is 13.9. The Hall–Kier alpha value is -3.05. The van der Waals surface area contributed by atoms with E-state index in [4.69, 9.17) is 11.2 Å². The largest absolute Gasteiger partial charge is 0.444 e. The molecule has 1 fully saturated rings. The number of benzene rings is 1. The van der Waals surface area contributed by atoms with Crippen molar-refractivity contribution in [2.24, 2.45) is 0 Å². The highest BCUT2D eigenvalue weighted by molar-refractivity contribution is 5.92. The van der Waals surface area contributed by atoms with Crippen molar-refractivity contribution in [2.45, 2.75) is 109 Å². The molecule has 8 heteroatoms. The number of nitrogens with one attached hydrogen (secondary N) is 2. The zero-order valence-electron chi connectivity index (χ0n) is 23.4. The maximum Gasteiger partial charge on any atom is 0.408 e. The maximum absolute atomic E-state index is 13.9. The van der Waals surface area contributed by atoms with Gasteiger partial charge in [-0.25, -0.2) is 4.79 Å². The molecule has 1 aromatic carbocycles. The fourth-order valence-corrected chi connectivity index (χ4v) is 4.67. The summed E-state index contributed by atoms with van der Waals surface area (Å²) >= 11 is 0. The van der Waals surface area contributed by atoms with Gasteiger partial charge in [0.05, 0.1) is 6.61 Å². The lowest BCUT2D eigenvalue weighted by atomic mass is 9.94. The van der Waals surface area contributed by atoms with Gasteiger partial charge in [-0.05, 0) is 57.7 Å². The standard InChI is InChI=1S/C30H45N3O5/c1-6-8-9-13-20-33(28(36)25(21-34)32-29(37)38-30(3,4)5)26(23-18-16-22(7-2)17-19-23)27(35)31-24-14-11-10-12-15-24/h2,16-19,24-26,34H,6,8-15,20-21H2,1,3-5H3,(H,31,35)(H,32,37). The summed E-state index contributed by atoms with van der Waals surface area (Å²) < 4.78 is 5.30. The molecule has 3 amide bonds. The second-order valence-corrected chi connectivity index (χ2v) is 11.0. The van der Waals surface area contributed by atoms with Gasteiger partial charge in [-0.1, -0.05) is 63.5 Å². The molecule has 1 aromatic rings. The molecule has 3 N–H and O–H groups in total. The van der Waals surface area contributed by atoms with Crippen LogP contribution in [0.2, 0.25) is 0 Å². The number of ether oxygens (including phenoxy) is 1. The van der Waals surface area contributed by atoms with Gasteiger partial charge >= 0.3 is 6.09 Å². The molecule has 1 aliphatic rings. The molecule has 0 aromatic heterocycles. The Labute approximate surface area is 227 Å². The van der Waals surface area contributed by atoms with E-state index in [-0.39, 0.29) is 11.9 Å². The van der Waals surface area contributed by atoms with Crippen molar-refractivity contribution in [1.82, 2.24) is 15.5 Å². The van der Waals surface area contributed by atoms with Crippen LogP contribution in [0.1, 0.15) is 103 Å². The molecule has 210 valence electrons. The molecule has 0 heterocycles. The quantitative estimate of drug-likeness (QED) is 0.275. The molecule has 0 spiro atoms. The van der Waals surface area contributed by atoms with E-state index in [0.29, 0.717) is 24.1 Å². The van der Waals surface area contributed by atoms with Gasteiger partial charge in [0.15, 0.2) is 0 Å². The molecule has 1 aliphatic carbocycles. The van der Waals surface area contributed by atoms with Gasteiger partial charge in [0, 0.05) is 18.2 Å². The van der Waals surface area contributed by atoms with Gasteiger partial charge in [0.25, 0.3) is 0 Å². The molecule has 0 aliphatic heterocycles. The average molecular weight is 528 g/mol. The molecule has 2 unspecified atom stereocenters. The number of carbonyl (C=O) groups is 3. The van der Waals surface area contributed by atoms with E-state index in [1.165, 1.54) is 4.90 Å². The minimum Gasteiger partial charge on any atom is -0.444 e. The van der Waals surface area contributed by atoms with Gasteiger partial charge in [-0.3, -0.25) is 9.59 Å². The number of alkyl carbamates (subject to hydrolysis) is 1. The van der Waals surface area contributed by atoms with E-state index < -0.39 is 36.3 Å². The van der Waals surface area contributed by atoms with Crippen LogP contribution in [0.5, 0.6) is 0 Å². The number of hydrogen-bond donors (Lipinski definition) is 3. The highest BCUT2D eigenvalue weighted by Crippen LogP contribution is 2.26. The Morgan fingerprint density at radius 2 is 1.76 bits per heavy atom. The summed E-state index contributed by atoms with van der Waals surface area (Å²) in [6, 6.07) is 4.88. The van der Waals surface area contributed by atoms with Gasteiger partial charge in [-0.2, -0.15) is 0 Å². The highest BCUT2D eigenvalue weighted by atomic mass is 16.6. The first kappa shape index (κ1) is 31.2. The molecule has 8 nitrogen and oxygen atoms in total. The van der Waals surface area contributed by atoms with Crippen LogP contribution < -0.4 is 10.6 Å². The van der Waals surface area contributed by atoms with E-state index >= 15 is 0 Å². The highest BCUT2D eigenvalue weighted by Gasteiger charge is 2.36. The number of aliphatic hydroxyl groups excluding tert-OH is 1. The summed E-state index contributed by atoms with van der Waals surface area (Å²) in [5.74, 6) is 1.76. The third-order valence-corrected chi connectivity index (χ3v) is 6.61. The minimum absolute atomic E-state index is 0.0503. The first-order valence-electron chi connectivity index (χ1n) is 13.9. The summed E-state index contributed by atoms with van der Waals surface area (Å²) in [5.41, 5.74) is 0.518. The van der Waals surface area contributed by atoms with Crippen LogP contribution in [0.15, 0.2) is 24.3 Å². The van der Waals surface area contributed by atoms with Crippen LogP contribution in [-0.2, 0) is 14.3 Å². The van der Waals surface area contributed by atoms with Crippen molar-refractivity contribution >= 4 is 17.9 Å². The van der Waals surface area contributed by atoms with Crippen LogP contribution in [-0.4, -0.2) is 58.8 Å². The van der Waals surface area contributed by atoms with Crippen LogP contribution in [0.4, 0.5) is 4.79 Å². The van der Waals surface area contributed by atoms with Crippen molar-refractivity contribution in [3.05, 3.63) is 35.4 Å². The van der Waals surface area contributed by atoms with Gasteiger partial charge in [0.2, 0.25) is 11.8 Å². The number of aliphatic hydroxyl groups is 1. The number of amides is 3. The molecular formula is C30H45N3O5. The molecule has 0 radical (unpaired) electrons. The van der Waals surface area contributed by atoms with Crippen molar-refractivity contribution in [3.8, 4) is 12.3 Å². The van der Waals surface area contributed by atoms with Crippen LogP contribution in [0.25, 0.3) is 0 Å². The Balaban J connectivity index is 2.41. The Kier molecular flexibility index (Phi) is 12.6. The smallest absolute Gasteiger partial charge is 0.408 e. The molecular weight excluding hydrogens is 482 g/mol. The summed E-state index contributed by atoms with van der Waals surface area (Å²) in [7, 11) is 0. The number of hydrogen-bond acceptors (Lipinski definition) is 5. The second-order valence-electron chi connectivity index (χ2n) is 11.0. The lowest BCUT2D eigenvalue weighted by molar-refractivity contribution is -0.143. The summed E-state index contributed by atoms with van der Waals surface area (Å²) in [6.45, 7) is 6.92. The number of terminal acetylenes is 1. The van der Waals surface area contributed by atoms with Crippen molar-refractivity contribution in [1.29, 1.82) is 0 Å². The third kappa shape index (κ3) is 10.0. The van der Waals surface area contributed by atoms with Crippen LogP contribution >= 0.6 is 0 Å². The predicted molar refractivity (Wildman–Crippen MR) is 148 cm³/mol. The molecule has 0 saturated heterocycles. The normalized spacial score (nSPS) is 15.6. The number of unbranched alkanes of at least 4 members (excludes halogenated alkanes) is 3. The lowest BCUT2D eigenvalue weighted by Gasteiger charge is -2.35. The Bertz CT molecular complexity index is 942. The fourth-order valence-electron chi connectivity index (χ4n) is 4.67. The van der Waals surface area contributed by atoms with E-state index in [1.807, 2.05) is 0 Å². The van der Waals surface area contributed by atoms with E-state index in [0.717, 1.165) is 51.4 Å². The SMILES string of the molecule is C#Cc1ccc(C(C(=O)NC2CCCCC2)N(CCCCCC)C(=O)C(CO)NC(=O)OC(C)(C)C)cc1. The predicted octanol–water partition coefficient (Wildman–Crippen LogP) is 4.45. The Morgan fingerprint density at radius 3 is 2.32 bits per heavy atom. The number of nitrogens with zero attached hydrogens (tertiary/aromatic N) is 1. The molecule has 1 saturated carbocycles. The summed E-state index contributed by atoms with van der Waals surface area (Å²) in [6.07, 6.45) is 13.4. The number of carbonyl (C=O) groups excluding carboxylic acids is 3. The van der Waals surface area contributed by atoms with Crippen molar-refractivity contribution in [3.63, 3.8) is 0 Å². The molecule has 0 bridgehead atoms. The molecule has 2 atom stereocenters. The zero-order valence-corrected chi connectivity index (χ0v) is 23.4. The van der Waals surface area contributed by atoms with E-state index in [1.54, 1.807) is 45.0 Å². The topological polar surface area (TPSA) is 108 Å². The maximum atomic E-state index is 13.9. The van der Waals surface area contributed by atoms with E-state index in [2.05, 4.69) is 23.5 Å².